The van der Waals surface area contributed by atoms with Crippen LogP contribution in [-0.2, 0) is 20.9 Å². The molecule has 0 saturated carbocycles. The number of nitrogens with one attached hydrogen (secondary N) is 1. The van der Waals surface area contributed by atoms with Crippen molar-refractivity contribution >= 4 is 23.5 Å². The summed E-state index contributed by atoms with van der Waals surface area (Å²) in [7, 11) is 3.46. The van der Waals surface area contributed by atoms with Gasteiger partial charge in [-0.05, 0) is 37.6 Å². The van der Waals surface area contributed by atoms with Gasteiger partial charge in [0.15, 0.2) is 0 Å². The van der Waals surface area contributed by atoms with Crippen LogP contribution in [0.25, 0.3) is 0 Å². The van der Waals surface area contributed by atoms with E-state index in [1.165, 1.54) is 7.11 Å². The van der Waals surface area contributed by atoms with Crippen molar-refractivity contribution in [2.45, 2.75) is 43.9 Å². The van der Waals surface area contributed by atoms with Crippen LogP contribution in [0.2, 0.25) is 5.02 Å². The average molecular weight is 380 g/mol. The summed E-state index contributed by atoms with van der Waals surface area (Å²) in [6.07, 6.45) is 1.98. The standard InChI is InChI=1S/C19H26ClN3O3/c1-22-15(6-7-17(24)26-2)11-21-19(25)18-16(22)8-9-23(18)12-13-4-3-5-14(20)10-13/h3-5,10,15-16,18H,6-9,11-12H2,1-2H3,(H,21,25)/t15-,16+,18-/m0/s1. The summed E-state index contributed by atoms with van der Waals surface area (Å²) in [4.78, 5) is 28.7. The fourth-order valence-corrected chi connectivity index (χ4v) is 4.30. The van der Waals surface area contributed by atoms with E-state index in [4.69, 9.17) is 16.3 Å². The molecule has 0 bridgehead atoms. The molecule has 2 saturated heterocycles. The number of ether oxygens (including phenoxy) is 1. The van der Waals surface area contributed by atoms with Gasteiger partial charge in [0.25, 0.3) is 0 Å². The minimum Gasteiger partial charge on any atom is -0.469 e. The van der Waals surface area contributed by atoms with E-state index < -0.39 is 0 Å². The normalized spacial score (nSPS) is 26.9. The predicted octanol–water partition coefficient (Wildman–Crippen LogP) is 1.67. The van der Waals surface area contributed by atoms with Crippen molar-refractivity contribution in [3.05, 3.63) is 34.9 Å². The molecule has 2 aliphatic rings. The Bertz CT molecular complexity index is 669. The Kier molecular flexibility index (Phi) is 6.16. The smallest absolute Gasteiger partial charge is 0.305 e. The highest BCUT2D eigenvalue weighted by Gasteiger charge is 2.44. The van der Waals surface area contributed by atoms with E-state index in [1.54, 1.807) is 0 Å². The molecule has 3 atom stereocenters. The lowest BCUT2D eigenvalue weighted by Gasteiger charge is -2.33. The first-order valence-electron chi connectivity index (χ1n) is 9.04. The third-order valence-corrected chi connectivity index (χ3v) is 5.77. The number of likely N-dealkylation sites (N-methyl/N-ethyl adjacent to an activating group) is 1. The Morgan fingerprint density at radius 2 is 2.23 bits per heavy atom. The van der Waals surface area contributed by atoms with Crippen LogP contribution in [0.4, 0.5) is 0 Å². The summed E-state index contributed by atoms with van der Waals surface area (Å²) in [6.45, 7) is 2.13. The van der Waals surface area contributed by atoms with Gasteiger partial charge in [-0.25, -0.2) is 0 Å². The molecule has 7 heteroatoms. The van der Waals surface area contributed by atoms with Crippen LogP contribution in [0.3, 0.4) is 0 Å². The van der Waals surface area contributed by atoms with Gasteiger partial charge in [0.1, 0.15) is 6.04 Å². The van der Waals surface area contributed by atoms with Crippen molar-refractivity contribution in [1.29, 1.82) is 0 Å². The molecule has 2 aliphatic heterocycles. The van der Waals surface area contributed by atoms with Crippen molar-refractivity contribution in [3.63, 3.8) is 0 Å². The molecule has 26 heavy (non-hydrogen) atoms. The SMILES string of the molecule is COC(=O)CC[C@H]1CNC(=O)[C@@H]2[C@@H](CCN2Cc2cccc(Cl)c2)N1C. The van der Waals surface area contributed by atoms with Crippen molar-refractivity contribution in [2.75, 3.05) is 27.2 Å². The van der Waals surface area contributed by atoms with Crippen LogP contribution in [-0.4, -0.2) is 67.0 Å². The second-order valence-corrected chi connectivity index (χ2v) is 7.52. The second-order valence-electron chi connectivity index (χ2n) is 7.08. The third kappa shape index (κ3) is 4.19. The number of halogens is 1. The zero-order valence-corrected chi connectivity index (χ0v) is 16.0. The van der Waals surface area contributed by atoms with Gasteiger partial charge in [-0.15, -0.1) is 0 Å². The number of benzene rings is 1. The summed E-state index contributed by atoms with van der Waals surface area (Å²) < 4.78 is 4.74. The molecule has 1 aromatic carbocycles. The molecular formula is C19H26ClN3O3. The largest absolute Gasteiger partial charge is 0.469 e. The summed E-state index contributed by atoms with van der Waals surface area (Å²) in [5, 5.41) is 3.78. The van der Waals surface area contributed by atoms with Gasteiger partial charge in [-0.2, -0.15) is 0 Å². The number of esters is 1. The zero-order valence-electron chi connectivity index (χ0n) is 15.3. The minimum atomic E-state index is -0.209. The summed E-state index contributed by atoms with van der Waals surface area (Å²) in [5.41, 5.74) is 1.11. The van der Waals surface area contributed by atoms with Crippen LogP contribution in [0.15, 0.2) is 24.3 Å². The number of amides is 1. The number of methoxy groups -OCH3 is 1. The number of hydrogen-bond donors (Lipinski definition) is 1. The molecule has 1 aromatic rings. The molecular weight excluding hydrogens is 354 g/mol. The van der Waals surface area contributed by atoms with E-state index in [-0.39, 0.29) is 30.0 Å². The summed E-state index contributed by atoms with van der Waals surface area (Å²) in [6, 6.07) is 7.90. The van der Waals surface area contributed by atoms with E-state index in [0.29, 0.717) is 31.0 Å². The van der Waals surface area contributed by atoms with E-state index in [9.17, 15) is 9.59 Å². The Morgan fingerprint density at radius 1 is 1.42 bits per heavy atom. The number of rotatable bonds is 5. The highest BCUT2D eigenvalue weighted by Crippen LogP contribution is 2.29. The molecule has 0 radical (unpaired) electrons. The molecule has 6 nitrogen and oxygen atoms in total. The fraction of sp³-hybridized carbons (Fsp3) is 0.579. The van der Waals surface area contributed by atoms with E-state index in [1.807, 2.05) is 24.3 Å². The van der Waals surface area contributed by atoms with Crippen molar-refractivity contribution < 1.29 is 14.3 Å². The zero-order chi connectivity index (χ0) is 18.7. The quantitative estimate of drug-likeness (QED) is 0.788. The molecule has 0 aliphatic carbocycles. The molecule has 3 rings (SSSR count). The number of hydrogen-bond acceptors (Lipinski definition) is 5. The Morgan fingerprint density at radius 3 is 2.96 bits per heavy atom. The van der Waals surface area contributed by atoms with Gasteiger partial charge < -0.3 is 10.1 Å². The molecule has 142 valence electrons. The number of nitrogens with zero attached hydrogens (tertiary/aromatic N) is 2. The number of carbonyl (C=O) groups excluding carboxylic acids is 2. The maximum atomic E-state index is 12.8. The Hall–Kier alpha value is -1.63. The van der Waals surface area contributed by atoms with Gasteiger partial charge in [-0.1, -0.05) is 23.7 Å². The molecule has 0 aromatic heterocycles. The fourth-order valence-electron chi connectivity index (χ4n) is 4.08. The van der Waals surface area contributed by atoms with Gasteiger partial charge >= 0.3 is 5.97 Å². The van der Waals surface area contributed by atoms with Crippen molar-refractivity contribution in [2.24, 2.45) is 0 Å². The molecule has 1 amide bonds. The van der Waals surface area contributed by atoms with Gasteiger partial charge in [0.2, 0.25) is 5.91 Å². The minimum absolute atomic E-state index is 0.0712. The summed E-state index contributed by atoms with van der Waals surface area (Å²) >= 11 is 6.09. The lowest BCUT2D eigenvalue weighted by Crippen LogP contribution is -2.49. The van der Waals surface area contributed by atoms with Gasteiger partial charge in [0.05, 0.1) is 7.11 Å². The van der Waals surface area contributed by atoms with Crippen molar-refractivity contribution in [3.8, 4) is 0 Å². The van der Waals surface area contributed by atoms with Crippen molar-refractivity contribution in [1.82, 2.24) is 15.1 Å². The maximum Gasteiger partial charge on any atom is 0.305 e. The first-order chi connectivity index (χ1) is 12.5. The summed E-state index contributed by atoms with van der Waals surface area (Å²) in [5.74, 6) is -0.138. The first-order valence-corrected chi connectivity index (χ1v) is 9.42. The van der Waals surface area contributed by atoms with Crippen LogP contribution >= 0.6 is 11.6 Å². The topological polar surface area (TPSA) is 61.9 Å². The molecule has 0 spiro atoms. The lowest BCUT2D eigenvalue weighted by molar-refractivity contribution is -0.141. The highest BCUT2D eigenvalue weighted by atomic mass is 35.5. The molecule has 2 heterocycles. The Labute approximate surface area is 159 Å². The third-order valence-electron chi connectivity index (χ3n) is 5.53. The molecule has 2 fully saturated rings. The van der Waals surface area contributed by atoms with E-state index in [2.05, 4.69) is 22.2 Å². The number of carbonyl (C=O) groups is 2. The second kappa shape index (κ2) is 8.37. The van der Waals surface area contributed by atoms with Gasteiger partial charge in [0, 0.05) is 43.2 Å². The lowest BCUT2D eigenvalue weighted by atomic mass is 10.0. The van der Waals surface area contributed by atoms with Gasteiger partial charge in [-0.3, -0.25) is 19.4 Å². The predicted molar refractivity (Wildman–Crippen MR) is 99.9 cm³/mol. The number of fused-ring (bicyclic) bond motifs is 1. The number of likely N-dealkylation sites (tertiary alicyclic amines) is 1. The molecule has 0 unspecified atom stereocenters. The van der Waals surface area contributed by atoms with Crippen LogP contribution in [0.1, 0.15) is 24.8 Å². The Balaban J connectivity index is 1.70. The van der Waals surface area contributed by atoms with E-state index >= 15 is 0 Å². The molecule has 1 N–H and O–H groups in total. The van der Waals surface area contributed by atoms with E-state index in [0.717, 1.165) is 18.5 Å². The highest BCUT2D eigenvalue weighted by molar-refractivity contribution is 6.30. The van der Waals surface area contributed by atoms with Crippen LogP contribution in [0.5, 0.6) is 0 Å². The van der Waals surface area contributed by atoms with Crippen LogP contribution < -0.4 is 5.32 Å². The monoisotopic (exact) mass is 379 g/mol. The maximum absolute atomic E-state index is 12.8. The van der Waals surface area contributed by atoms with Crippen LogP contribution in [0, 0.1) is 0 Å². The first kappa shape index (κ1) is 19.1. The average Bonchev–Trinajstić information content (AvgIpc) is 2.99.